The number of aromatic hydroxyl groups is 1. The van der Waals surface area contributed by atoms with E-state index in [0.717, 1.165) is 0 Å². The van der Waals surface area contributed by atoms with Crippen molar-refractivity contribution in [1.29, 1.82) is 0 Å². The van der Waals surface area contributed by atoms with Crippen LogP contribution in [0.2, 0.25) is 0 Å². The van der Waals surface area contributed by atoms with Crippen molar-refractivity contribution in [2.45, 2.75) is 26.2 Å². The number of carbonyl (C=O) groups is 1. The highest BCUT2D eigenvalue weighted by atomic mass is 32.1. The molecule has 106 valence electrons. The van der Waals surface area contributed by atoms with E-state index in [1.807, 2.05) is 11.4 Å². The molecule has 0 saturated carbocycles. The van der Waals surface area contributed by atoms with Crippen molar-refractivity contribution in [3.63, 3.8) is 0 Å². The molecule has 20 heavy (non-hydrogen) atoms. The van der Waals surface area contributed by atoms with Gasteiger partial charge in [0.25, 0.3) is 5.91 Å². The summed E-state index contributed by atoms with van der Waals surface area (Å²) in [6.45, 7) is 6.49. The van der Waals surface area contributed by atoms with Crippen molar-refractivity contribution in [3.05, 3.63) is 51.7 Å². The molecule has 0 aliphatic rings. The fourth-order valence-electron chi connectivity index (χ4n) is 1.99. The molecule has 1 aromatic carbocycles. The zero-order valence-electron chi connectivity index (χ0n) is 11.9. The van der Waals surface area contributed by atoms with Crippen LogP contribution in [0.1, 0.15) is 34.6 Å². The highest BCUT2D eigenvalue weighted by Gasteiger charge is 2.23. The number of phenols is 1. The molecule has 0 spiro atoms. The van der Waals surface area contributed by atoms with Gasteiger partial charge in [0.1, 0.15) is 5.75 Å². The fourth-order valence-corrected chi connectivity index (χ4v) is 2.84. The van der Waals surface area contributed by atoms with Crippen molar-refractivity contribution in [1.82, 2.24) is 5.32 Å². The van der Waals surface area contributed by atoms with Crippen LogP contribution in [0.15, 0.2) is 35.7 Å². The molecule has 0 bridgehead atoms. The minimum atomic E-state index is -0.240. The van der Waals surface area contributed by atoms with Crippen molar-refractivity contribution in [2.75, 3.05) is 6.54 Å². The first kappa shape index (κ1) is 14.6. The van der Waals surface area contributed by atoms with Crippen LogP contribution in [-0.2, 0) is 5.41 Å². The van der Waals surface area contributed by atoms with Gasteiger partial charge in [-0.05, 0) is 30.0 Å². The van der Waals surface area contributed by atoms with Crippen LogP contribution in [0.25, 0.3) is 0 Å². The minimum Gasteiger partial charge on any atom is -0.507 e. The second-order valence-corrected chi connectivity index (χ2v) is 6.46. The molecule has 2 N–H and O–H groups in total. The molecule has 0 unspecified atom stereocenters. The number of amides is 1. The van der Waals surface area contributed by atoms with Gasteiger partial charge in [0.2, 0.25) is 0 Å². The maximum absolute atomic E-state index is 12.2. The average Bonchev–Trinajstić information content (AvgIpc) is 2.94. The molecule has 0 atom stereocenters. The number of thiophene rings is 1. The normalized spacial score (nSPS) is 11.3. The fraction of sp³-hybridized carbons (Fsp3) is 0.312. The molecule has 1 aromatic heterocycles. The number of phenolic OH excluding ortho intramolecular Hbond substituents is 1. The molecule has 2 aromatic rings. The lowest BCUT2D eigenvalue weighted by Gasteiger charge is -2.23. The van der Waals surface area contributed by atoms with E-state index < -0.39 is 0 Å². The van der Waals surface area contributed by atoms with Gasteiger partial charge in [0.15, 0.2) is 0 Å². The summed E-state index contributed by atoms with van der Waals surface area (Å²) in [5.41, 5.74) is 0.908. The maximum Gasteiger partial charge on any atom is 0.255 e. The number of rotatable bonds is 4. The number of nitrogens with one attached hydrogen (secondary N) is 1. The Labute approximate surface area is 123 Å². The Morgan fingerprint density at radius 2 is 2.05 bits per heavy atom. The van der Waals surface area contributed by atoms with Crippen LogP contribution < -0.4 is 5.32 Å². The first-order valence-corrected chi connectivity index (χ1v) is 7.40. The average molecular weight is 289 g/mol. The molecule has 3 nitrogen and oxygen atoms in total. The van der Waals surface area contributed by atoms with E-state index >= 15 is 0 Å². The Morgan fingerprint density at radius 3 is 2.70 bits per heavy atom. The third-order valence-electron chi connectivity index (χ3n) is 3.36. The lowest BCUT2D eigenvalue weighted by atomic mass is 9.91. The van der Waals surface area contributed by atoms with E-state index in [9.17, 15) is 9.90 Å². The second-order valence-electron chi connectivity index (χ2n) is 5.51. The number of benzene rings is 1. The molecule has 2 rings (SSSR count). The van der Waals surface area contributed by atoms with Crippen molar-refractivity contribution in [3.8, 4) is 5.75 Å². The quantitative estimate of drug-likeness (QED) is 0.905. The SMILES string of the molecule is Cc1cccc(C(=O)NCC(C)(C)c2cccs2)c1O. The molecule has 0 fully saturated rings. The van der Waals surface area contributed by atoms with Crippen LogP contribution in [0, 0.1) is 6.92 Å². The monoisotopic (exact) mass is 289 g/mol. The summed E-state index contributed by atoms with van der Waals surface area (Å²) in [5, 5.41) is 14.9. The number of carbonyl (C=O) groups excluding carboxylic acids is 1. The van der Waals surface area contributed by atoms with E-state index in [2.05, 4.69) is 25.2 Å². The summed E-state index contributed by atoms with van der Waals surface area (Å²) in [6, 6.07) is 9.27. The van der Waals surface area contributed by atoms with Gasteiger partial charge < -0.3 is 10.4 Å². The predicted molar refractivity (Wildman–Crippen MR) is 82.5 cm³/mol. The third kappa shape index (κ3) is 3.02. The molecule has 1 heterocycles. The number of hydrogen-bond acceptors (Lipinski definition) is 3. The van der Waals surface area contributed by atoms with Gasteiger partial charge in [-0.3, -0.25) is 4.79 Å². The van der Waals surface area contributed by atoms with Crippen LogP contribution in [0.5, 0.6) is 5.75 Å². The summed E-state index contributed by atoms with van der Waals surface area (Å²) in [6.07, 6.45) is 0. The minimum absolute atomic E-state index is 0.0546. The molecule has 0 aliphatic carbocycles. The standard InChI is InChI=1S/C16H19NO2S/c1-11-6-4-7-12(14(11)18)15(19)17-10-16(2,3)13-8-5-9-20-13/h4-9,18H,10H2,1-3H3,(H,17,19). The zero-order valence-corrected chi connectivity index (χ0v) is 12.8. The smallest absolute Gasteiger partial charge is 0.255 e. The number of hydrogen-bond donors (Lipinski definition) is 2. The van der Waals surface area contributed by atoms with E-state index in [4.69, 9.17) is 0 Å². The highest BCUT2D eigenvalue weighted by molar-refractivity contribution is 7.10. The molecule has 0 aliphatic heterocycles. The molecule has 0 saturated heterocycles. The van der Waals surface area contributed by atoms with Crippen molar-refractivity contribution >= 4 is 17.2 Å². The van der Waals surface area contributed by atoms with E-state index in [-0.39, 0.29) is 17.1 Å². The lowest BCUT2D eigenvalue weighted by molar-refractivity contribution is 0.0943. The predicted octanol–water partition coefficient (Wildman–Crippen LogP) is 3.47. The summed E-state index contributed by atoms with van der Waals surface area (Å²) in [4.78, 5) is 13.4. The van der Waals surface area contributed by atoms with Gasteiger partial charge in [0, 0.05) is 16.8 Å². The molecule has 1 amide bonds. The number of para-hydroxylation sites is 1. The van der Waals surface area contributed by atoms with Gasteiger partial charge in [0.05, 0.1) is 5.56 Å². The summed E-state index contributed by atoms with van der Waals surface area (Å²) < 4.78 is 0. The Morgan fingerprint density at radius 1 is 1.30 bits per heavy atom. The molecular weight excluding hydrogens is 270 g/mol. The van der Waals surface area contributed by atoms with Gasteiger partial charge in [-0.25, -0.2) is 0 Å². The van der Waals surface area contributed by atoms with Crippen LogP contribution in [-0.4, -0.2) is 17.6 Å². The van der Waals surface area contributed by atoms with Crippen molar-refractivity contribution in [2.24, 2.45) is 0 Å². The molecular formula is C16H19NO2S. The summed E-state index contributed by atoms with van der Waals surface area (Å²) >= 11 is 1.68. The van der Waals surface area contributed by atoms with E-state index in [1.165, 1.54) is 4.88 Å². The molecule has 4 heteroatoms. The largest absolute Gasteiger partial charge is 0.507 e. The first-order valence-electron chi connectivity index (χ1n) is 6.52. The third-order valence-corrected chi connectivity index (χ3v) is 4.60. The van der Waals surface area contributed by atoms with Crippen LogP contribution in [0.3, 0.4) is 0 Å². The lowest BCUT2D eigenvalue weighted by Crippen LogP contribution is -2.36. The second kappa shape index (κ2) is 5.67. The maximum atomic E-state index is 12.2. The zero-order chi connectivity index (χ0) is 14.8. The van der Waals surface area contributed by atoms with Gasteiger partial charge in [-0.1, -0.05) is 32.0 Å². The first-order chi connectivity index (χ1) is 9.42. The summed E-state index contributed by atoms with van der Waals surface area (Å²) in [5.74, 6) is -0.185. The van der Waals surface area contributed by atoms with E-state index in [0.29, 0.717) is 17.7 Å². The van der Waals surface area contributed by atoms with E-state index in [1.54, 1.807) is 36.5 Å². The van der Waals surface area contributed by atoms with Crippen molar-refractivity contribution < 1.29 is 9.90 Å². The topological polar surface area (TPSA) is 49.3 Å². The number of aryl methyl sites for hydroxylation is 1. The van der Waals surface area contributed by atoms with Gasteiger partial charge >= 0.3 is 0 Å². The summed E-state index contributed by atoms with van der Waals surface area (Å²) in [7, 11) is 0. The van der Waals surface area contributed by atoms with Gasteiger partial charge in [-0.15, -0.1) is 11.3 Å². The highest BCUT2D eigenvalue weighted by Crippen LogP contribution is 2.27. The Hall–Kier alpha value is -1.81. The van der Waals surface area contributed by atoms with Gasteiger partial charge in [-0.2, -0.15) is 0 Å². The Bertz CT molecular complexity index is 603. The Kier molecular flexibility index (Phi) is 4.14. The van der Waals surface area contributed by atoms with Crippen LogP contribution in [0.4, 0.5) is 0 Å². The Balaban J connectivity index is 2.08. The van der Waals surface area contributed by atoms with Crippen LogP contribution >= 0.6 is 11.3 Å². The molecule has 0 radical (unpaired) electrons.